The van der Waals surface area contributed by atoms with Crippen LogP contribution >= 0.6 is 0 Å². The molecule has 0 spiro atoms. The van der Waals surface area contributed by atoms with Gasteiger partial charge < -0.3 is 4.74 Å². The Morgan fingerprint density at radius 1 is 1.06 bits per heavy atom. The lowest BCUT2D eigenvalue weighted by Crippen LogP contribution is -2.33. The molecular formula is C15H24O. The molecule has 0 heterocycles. The van der Waals surface area contributed by atoms with E-state index in [0.29, 0.717) is 0 Å². The molecule has 1 nitrogen and oxygen atoms in total. The first kappa shape index (κ1) is 13.1. The fraction of sp³-hybridized carbons (Fsp3) is 0.600. The third-order valence-electron chi connectivity index (χ3n) is 2.34. The van der Waals surface area contributed by atoms with E-state index in [4.69, 9.17) is 4.74 Å². The lowest BCUT2D eigenvalue weighted by Gasteiger charge is -2.33. The van der Waals surface area contributed by atoms with Crippen molar-refractivity contribution < 1.29 is 4.74 Å². The van der Waals surface area contributed by atoms with Crippen LogP contribution in [0, 0.1) is 12.3 Å². The first-order valence-corrected chi connectivity index (χ1v) is 5.94. The quantitative estimate of drug-likeness (QED) is 0.724. The average Bonchev–Trinajstić information content (AvgIpc) is 1.96. The molecule has 1 heteroatoms. The van der Waals surface area contributed by atoms with Crippen LogP contribution in [0.5, 0.6) is 5.75 Å². The predicted octanol–water partition coefficient (Wildman–Crippen LogP) is 4.59. The molecule has 0 N–H and O–H groups in total. The number of rotatable bonds is 3. The highest BCUT2D eigenvalue weighted by Crippen LogP contribution is 2.30. The molecule has 0 unspecified atom stereocenters. The van der Waals surface area contributed by atoms with Crippen molar-refractivity contribution in [3.8, 4) is 5.75 Å². The van der Waals surface area contributed by atoms with Gasteiger partial charge in [-0.15, -0.1) is 0 Å². The third kappa shape index (κ3) is 4.69. The van der Waals surface area contributed by atoms with E-state index in [2.05, 4.69) is 53.7 Å². The minimum atomic E-state index is -0.119. The largest absolute Gasteiger partial charge is 0.488 e. The smallest absolute Gasteiger partial charge is 0.120 e. The molecule has 0 radical (unpaired) electrons. The van der Waals surface area contributed by atoms with Crippen LogP contribution in [0.4, 0.5) is 0 Å². The molecule has 0 aliphatic heterocycles. The maximum absolute atomic E-state index is 6.06. The van der Waals surface area contributed by atoms with Crippen LogP contribution in [0.2, 0.25) is 0 Å². The molecule has 90 valence electrons. The highest BCUT2D eigenvalue weighted by molar-refractivity contribution is 5.28. The monoisotopic (exact) mass is 220 g/mol. The van der Waals surface area contributed by atoms with Crippen molar-refractivity contribution in [1.29, 1.82) is 0 Å². The van der Waals surface area contributed by atoms with Crippen LogP contribution in [0.15, 0.2) is 24.3 Å². The van der Waals surface area contributed by atoms with Crippen molar-refractivity contribution in [2.75, 3.05) is 0 Å². The number of hydrogen-bond donors (Lipinski definition) is 0. The molecule has 16 heavy (non-hydrogen) atoms. The van der Waals surface area contributed by atoms with Crippen molar-refractivity contribution >= 4 is 0 Å². The normalized spacial score (nSPS) is 12.6. The molecule has 0 aliphatic carbocycles. The second kappa shape index (κ2) is 4.48. The van der Waals surface area contributed by atoms with Gasteiger partial charge in [0, 0.05) is 0 Å². The van der Waals surface area contributed by atoms with Gasteiger partial charge in [-0.3, -0.25) is 0 Å². The SMILES string of the molecule is Cc1cccc(OC(C)(C)CC(C)(C)C)c1. The van der Waals surface area contributed by atoms with Gasteiger partial charge in [0.15, 0.2) is 0 Å². The van der Waals surface area contributed by atoms with Gasteiger partial charge in [0.1, 0.15) is 11.4 Å². The summed E-state index contributed by atoms with van der Waals surface area (Å²) in [7, 11) is 0. The molecule has 1 aromatic rings. The fourth-order valence-electron chi connectivity index (χ4n) is 2.31. The minimum absolute atomic E-state index is 0.119. The summed E-state index contributed by atoms with van der Waals surface area (Å²) in [5, 5.41) is 0. The van der Waals surface area contributed by atoms with E-state index in [-0.39, 0.29) is 11.0 Å². The highest BCUT2D eigenvalue weighted by Gasteiger charge is 2.27. The van der Waals surface area contributed by atoms with Crippen LogP contribution in [0.1, 0.15) is 46.6 Å². The molecule has 0 aromatic heterocycles. The molecular weight excluding hydrogens is 196 g/mol. The zero-order chi connectivity index (χ0) is 12.4. The van der Waals surface area contributed by atoms with E-state index in [1.54, 1.807) is 0 Å². The summed E-state index contributed by atoms with van der Waals surface area (Å²) in [5.41, 5.74) is 1.41. The maximum Gasteiger partial charge on any atom is 0.120 e. The van der Waals surface area contributed by atoms with E-state index in [9.17, 15) is 0 Å². The summed E-state index contributed by atoms with van der Waals surface area (Å²) < 4.78 is 6.06. The molecule has 0 atom stereocenters. The lowest BCUT2D eigenvalue weighted by atomic mass is 9.83. The van der Waals surface area contributed by atoms with E-state index >= 15 is 0 Å². The Balaban J connectivity index is 2.72. The molecule has 1 aromatic carbocycles. The van der Waals surface area contributed by atoms with Gasteiger partial charge >= 0.3 is 0 Å². The highest BCUT2D eigenvalue weighted by atomic mass is 16.5. The van der Waals surface area contributed by atoms with Gasteiger partial charge in [0.2, 0.25) is 0 Å². The average molecular weight is 220 g/mol. The Hall–Kier alpha value is -0.980. The van der Waals surface area contributed by atoms with Crippen molar-refractivity contribution in [3.05, 3.63) is 29.8 Å². The Bertz CT molecular complexity index is 345. The minimum Gasteiger partial charge on any atom is -0.488 e. The number of aryl methyl sites for hydroxylation is 1. The van der Waals surface area contributed by atoms with Crippen LogP contribution in [-0.2, 0) is 0 Å². The van der Waals surface area contributed by atoms with Gasteiger partial charge in [0.05, 0.1) is 0 Å². The van der Waals surface area contributed by atoms with Crippen molar-refractivity contribution in [1.82, 2.24) is 0 Å². The third-order valence-corrected chi connectivity index (χ3v) is 2.34. The Kier molecular flexibility index (Phi) is 3.67. The number of hydrogen-bond acceptors (Lipinski definition) is 1. The van der Waals surface area contributed by atoms with Crippen molar-refractivity contribution in [2.24, 2.45) is 5.41 Å². The number of ether oxygens (including phenoxy) is 1. The van der Waals surface area contributed by atoms with Gasteiger partial charge in [-0.2, -0.15) is 0 Å². The molecule has 0 aliphatic rings. The lowest BCUT2D eigenvalue weighted by molar-refractivity contribution is 0.0621. The van der Waals surface area contributed by atoms with Crippen LogP contribution in [-0.4, -0.2) is 5.60 Å². The zero-order valence-corrected chi connectivity index (χ0v) is 11.4. The zero-order valence-electron chi connectivity index (χ0n) is 11.4. The van der Waals surface area contributed by atoms with Gasteiger partial charge in [-0.25, -0.2) is 0 Å². The van der Waals surface area contributed by atoms with Gasteiger partial charge in [-0.05, 0) is 50.3 Å². The molecule has 0 saturated carbocycles. The van der Waals surface area contributed by atoms with E-state index in [1.165, 1.54) is 5.56 Å². The predicted molar refractivity (Wildman–Crippen MR) is 70.0 cm³/mol. The summed E-state index contributed by atoms with van der Waals surface area (Å²) in [6.45, 7) is 13.1. The standard InChI is InChI=1S/C15H24O/c1-12-8-7-9-13(10-12)16-15(5,6)11-14(2,3)4/h7-10H,11H2,1-6H3. The van der Waals surface area contributed by atoms with Gasteiger partial charge in [0.25, 0.3) is 0 Å². The van der Waals surface area contributed by atoms with Crippen molar-refractivity contribution in [3.63, 3.8) is 0 Å². The topological polar surface area (TPSA) is 9.23 Å². The van der Waals surface area contributed by atoms with Crippen LogP contribution < -0.4 is 4.74 Å². The summed E-state index contributed by atoms with van der Waals surface area (Å²) in [6.07, 6.45) is 1.04. The molecule has 1 rings (SSSR count). The summed E-state index contributed by atoms with van der Waals surface area (Å²) in [5.74, 6) is 0.967. The summed E-state index contributed by atoms with van der Waals surface area (Å²) in [6, 6.07) is 8.24. The van der Waals surface area contributed by atoms with E-state index in [1.807, 2.05) is 12.1 Å². The summed E-state index contributed by atoms with van der Waals surface area (Å²) >= 11 is 0. The molecule has 0 bridgehead atoms. The fourth-order valence-corrected chi connectivity index (χ4v) is 2.31. The van der Waals surface area contributed by atoms with Crippen LogP contribution in [0.3, 0.4) is 0 Å². The molecule has 0 saturated heterocycles. The maximum atomic E-state index is 6.06. The summed E-state index contributed by atoms with van der Waals surface area (Å²) in [4.78, 5) is 0. The van der Waals surface area contributed by atoms with Crippen molar-refractivity contribution in [2.45, 2.75) is 53.6 Å². The van der Waals surface area contributed by atoms with E-state index in [0.717, 1.165) is 12.2 Å². The van der Waals surface area contributed by atoms with Gasteiger partial charge in [-0.1, -0.05) is 32.9 Å². The molecule has 0 fully saturated rings. The second-order valence-electron chi connectivity index (χ2n) is 6.42. The Morgan fingerprint density at radius 3 is 2.19 bits per heavy atom. The van der Waals surface area contributed by atoms with E-state index < -0.39 is 0 Å². The first-order valence-electron chi connectivity index (χ1n) is 5.94. The first-order chi connectivity index (χ1) is 7.18. The second-order valence-corrected chi connectivity index (χ2v) is 6.42. The number of benzene rings is 1. The molecule has 0 amide bonds. The Labute approximate surface area is 99.8 Å². The van der Waals surface area contributed by atoms with Crippen LogP contribution in [0.25, 0.3) is 0 Å². The Morgan fingerprint density at radius 2 is 1.69 bits per heavy atom.